The van der Waals surface area contributed by atoms with Crippen molar-refractivity contribution in [3.63, 3.8) is 0 Å². The molecule has 5 heterocycles. The molecule has 2 fully saturated rings. The van der Waals surface area contributed by atoms with E-state index in [9.17, 15) is 14.4 Å². The number of β-lactam (4-membered cyclic amide) rings is 1. The van der Waals surface area contributed by atoms with Crippen LogP contribution in [-0.4, -0.2) is 81.9 Å². The van der Waals surface area contributed by atoms with Crippen molar-refractivity contribution in [2.45, 2.75) is 62.2 Å². The molecule has 5 rings (SSSR count). The van der Waals surface area contributed by atoms with Gasteiger partial charge in [-0.1, -0.05) is 17.3 Å². The first-order chi connectivity index (χ1) is 18.7. The van der Waals surface area contributed by atoms with Crippen LogP contribution in [0.5, 0.6) is 0 Å². The monoisotopic (exact) mass is 550 g/mol. The number of nitrogens with zero attached hydrogens (tertiary/aromatic N) is 7. The summed E-state index contributed by atoms with van der Waals surface area (Å²) in [6, 6.07) is 10.2. The molecular weight excluding hydrogens is 520 g/mol. The summed E-state index contributed by atoms with van der Waals surface area (Å²) in [5, 5.41) is 10.8. The van der Waals surface area contributed by atoms with E-state index < -0.39 is 22.8 Å². The van der Waals surface area contributed by atoms with Crippen LogP contribution in [0.15, 0.2) is 55.0 Å². The Labute approximate surface area is 230 Å². The molecule has 2 saturated heterocycles. The lowest BCUT2D eigenvalue weighted by Gasteiger charge is -2.43. The summed E-state index contributed by atoms with van der Waals surface area (Å²) >= 11 is 1.48. The quantitative estimate of drug-likeness (QED) is 0.288. The molecule has 0 spiro atoms. The largest absolute Gasteiger partial charge is 0.467 e. The lowest BCUT2D eigenvalue weighted by Crippen LogP contribution is -2.70. The number of nitrogens with one attached hydrogen (secondary N) is 1. The highest BCUT2D eigenvalue weighted by Gasteiger charge is 2.64. The van der Waals surface area contributed by atoms with Gasteiger partial charge in [0.05, 0.1) is 30.4 Å². The predicted octanol–water partition coefficient (Wildman–Crippen LogP) is 0.991. The van der Waals surface area contributed by atoms with Crippen LogP contribution in [0.2, 0.25) is 0 Å². The maximum atomic E-state index is 12.8. The highest BCUT2D eigenvalue weighted by Crippen LogP contribution is 2.51. The van der Waals surface area contributed by atoms with E-state index in [1.54, 1.807) is 18.6 Å². The zero-order valence-corrected chi connectivity index (χ0v) is 22.7. The van der Waals surface area contributed by atoms with Gasteiger partial charge in [-0.25, -0.2) is 9.48 Å². The number of esters is 1. The first-order valence-electron chi connectivity index (χ1n) is 12.5. The first kappa shape index (κ1) is 26.8. The van der Waals surface area contributed by atoms with E-state index in [-0.39, 0.29) is 23.7 Å². The lowest BCUT2D eigenvalue weighted by molar-refractivity contribution is -0.162. The fourth-order valence-corrected chi connectivity index (χ4v) is 6.55. The summed E-state index contributed by atoms with van der Waals surface area (Å²) < 4.78 is 5.83. The Kier molecular flexibility index (Phi) is 7.62. The predicted molar refractivity (Wildman–Crippen MR) is 141 cm³/mol. The third-order valence-corrected chi connectivity index (χ3v) is 8.25. The van der Waals surface area contributed by atoms with Gasteiger partial charge in [0, 0.05) is 36.8 Å². The topological polar surface area (TPSA) is 135 Å². The van der Waals surface area contributed by atoms with Gasteiger partial charge in [-0.3, -0.25) is 24.5 Å². The van der Waals surface area contributed by atoms with Crippen molar-refractivity contribution >= 4 is 29.5 Å². The Morgan fingerprint density at radius 2 is 1.69 bits per heavy atom. The first-order valence-corrected chi connectivity index (χ1v) is 13.4. The Morgan fingerprint density at radius 3 is 2.28 bits per heavy atom. The number of hydrogen-bond donors (Lipinski definition) is 1. The van der Waals surface area contributed by atoms with Gasteiger partial charge in [-0.2, -0.15) is 0 Å². The molecule has 0 aromatic carbocycles. The number of ether oxygens (including phenoxy) is 1. The van der Waals surface area contributed by atoms with E-state index in [0.717, 1.165) is 11.4 Å². The third-order valence-electron chi connectivity index (χ3n) is 6.68. The Hall–Kier alpha value is -3.84. The van der Waals surface area contributed by atoms with Crippen molar-refractivity contribution < 1.29 is 19.1 Å². The van der Waals surface area contributed by atoms with Crippen LogP contribution in [0.3, 0.4) is 0 Å². The molecular formula is C26H30N8O4S. The molecule has 0 unspecified atom stereocenters. The van der Waals surface area contributed by atoms with E-state index in [2.05, 4.69) is 30.5 Å². The Balaban J connectivity index is 1.20. The average molecular weight is 551 g/mol. The molecule has 3 aromatic rings. The van der Waals surface area contributed by atoms with Crippen molar-refractivity contribution in [3.05, 3.63) is 72.1 Å². The van der Waals surface area contributed by atoms with Crippen molar-refractivity contribution in [1.82, 2.24) is 40.1 Å². The van der Waals surface area contributed by atoms with Crippen LogP contribution in [0.1, 0.15) is 30.9 Å². The van der Waals surface area contributed by atoms with Gasteiger partial charge in [-0.05, 0) is 38.1 Å². The molecule has 12 nitrogen and oxygen atoms in total. The normalized spacial score (nSPS) is 21.4. The van der Waals surface area contributed by atoms with Crippen LogP contribution in [0, 0.1) is 0 Å². The Bertz CT molecular complexity index is 1290. The summed E-state index contributed by atoms with van der Waals surface area (Å²) in [4.78, 5) is 50.4. The van der Waals surface area contributed by atoms with E-state index in [4.69, 9.17) is 4.74 Å². The molecule has 3 aromatic heterocycles. The minimum Gasteiger partial charge on any atom is -0.467 e. The average Bonchev–Trinajstić information content (AvgIpc) is 3.46. The van der Waals surface area contributed by atoms with Gasteiger partial charge in [0.1, 0.15) is 24.0 Å². The molecule has 204 valence electrons. The zero-order valence-electron chi connectivity index (χ0n) is 21.9. The SMILES string of the molecule is COC(=O)[C@@H]1N2C(=O)[C@@H](NC(=O)Cn3cc(CN(Cc4ccccn4)Cc4ccccn4)nn3)[C@@H]2SC1(C)C. The lowest BCUT2D eigenvalue weighted by atomic mass is 9.96. The smallest absolute Gasteiger partial charge is 0.330 e. The zero-order chi connectivity index (χ0) is 27.6. The fourth-order valence-electron chi connectivity index (χ4n) is 4.93. The summed E-state index contributed by atoms with van der Waals surface area (Å²) in [7, 11) is 1.31. The van der Waals surface area contributed by atoms with Gasteiger partial charge in [0.25, 0.3) is 0 Å². The standard InChI is InChI=1S/C26H30N8O4S/c1-26(2)22(25(37)38-3)34-23(36)21(24(34)39-26)29-20(35)16-33-15-19(30-31-33)14-32(12-17-8-4-6-10-27-17)13-18-9-5-7-11-28-18/h4-11,15,21-22,24H,12-14,16H2,1-3H3,(H,29,35)/t21-,22+,24+/m1/s1. The van der Waals surface area contributed by atoms with Crippen molar-refractivity contribution in [3.8, 4) is 0 Å². The molecule has 2 aliphatic heterocycles. The molecule has 3 atom stereocenters. The third kappa shape index (κ3) is 5.78. The number of carbonyl (C=O) groups excluding carboxylic acids is 3. The van der Waals surface area contributed by atoms with Crippen molar-refractivity contribution in [1.29, 1.82) is 0 Å². The van der Waals surface area contributed by atoms with Crippen LogP contribution in [-0.2, 0) is 45.3 Å². The number of carbonyl (C=O) groups is 3. The second-order valence-corrected chi connectivity index (χ2v) is 11.8. The number of hydrogen-bond acceptors (Lipinski definition) is 10. The van der Waals surface area contributed by atoms with Crippen LogP contribution < -0.4 is 5.32 Å². The molecule has 2 amide bonds. The van der Waals surface area contributed by atoms with E-state index in [1.165, 1.54) is 28.5 Å². The van der Waals surface area contributed by atoms with Crippen molar-refractivity contribution in [2.75, 3.05) is 7.11 Å². The number of pyridine rings is 2. The van der Waals surface area contributed by atoms with E-state index in [0.29, 0.717) is 25.3 Å². The van der Waals surface area contributed by atoms with E-state index in [1.807, 2.05) is 50.2 Å². The second kappa shape index (κ2) is 11.1. The van der Waals surface area contributed by atoms with Crippen LogP contribution in [0.25, 0.3) is 0 Å². The summed E-state index contributed by atoms with van der Waals surface area (Å²) in [5.41, 5.74) is 2.53. The summed E-state index contributed by atoms with van der Waals surface area (Å²) in [5.74, 6) is -1.10. The van der Waals surface area contributed by atoms with Crippen molar-refractivity contribution in [2.24, 2.45) is 0 Å². The number of amides is 2. The van der Waals surface area contributed by atoms with Crippen LogP contribution in [0.4, 0.5) is 0 Å². The number of aromatic nitrogens is 5. The van der Waals surface area contributed by atoms with Gasteiger partial charge < -0.3 is 15.0 Å². The maximum Gasteiger partial charge on any atom is 0.330 e. The second-order valence-electron chi connectivity index (χ2n) is 10.0. The number of fused-ring (bicyclic) bond motifs is 1. The minimum absolute atomic E-state index is 0.0848. The minimum atomic E-state index is -0.702. The number of methoxy groups -OCH3 is 1. The van der Waals surface area contributed by atoms with Gasteiger partial charge >= 0.3 is 5.97 Å². The van der Waals surface area contributed by atoms with Gasteiger partial charge in [0.2, 0.25) is 11.8 Å². The van der Waals surface area contributed by atoms with E-state index >= 15 is 0 Å². The summed E-state index contributed by atoms with van der Waals surface area (Å²) in [6.07, 6.45) is 5.24. The molecule has 13 heteroatoms. The number of rotatable bonds is 10. The molecule has 1 N–H and O–H groups in total. The fraction of sp³-hybridized carbons (Fsp3) is 0.423. The summed E-state index contributed by atoms with van der Waals surface area (Å²) in [6.45, 7) is 5.36. The number of thioether (sulfide) groups is 1. The van der Waals surface area contributed by atoms with Gasteiger partial charge in [0.15, 0.2) is 0 Å². The highest BCUT2D eigenvalue weighted by atomic mass is 32.2. The molecule has 0 bridgehead atoms. The molecule has 0 saturated carbocycles. The Morgan fingerprint density at radius 1 is 1.05 bits per heavy atom. The maximum absolute atomic E-state index is 12.8. The molecule has 2 aliphatic rings. The van der Waals surface area contributed by atoms with Crippen LogP contribution >= 0.6 is 11.8 Å². The molecule has 0 radical (unpaired) electrons. The van der Waals surface area contributed by atoms with Gasteiger partial charge in [-0.15, -0.1) is 16.9 Å². The molecule has 0 aliphatic carbocycles. The molecule has 39 heavy (non-hydrogen) atoms. The highest BCUT2D eigenvalue weighted by molar-refractivity contribution is 8.01.